The zero-order valence-corrected chi connectivity index (χ0v) is 20.9. The molecule has 2 saturated heterocycles. The third-order valence-electron chi connectivity index (χ3n) is 6.09. The van der Waals surface area contributed by atoms with Crippen molar-refractivity contribution in [2.45, 2.75) is 11.4 Å². The number of thioether (sulfide) groups is 1. The van der Waals surface area contributed by atoms with E-state index in [4.69, 9.17) is 15.7 Å². The van der Waals surface area contributed by atoms with E-state index in [1.54, 1.807) is 0 Å². The van der Waals surface area contributed by atoms with E-state index in [1.165, 1.54) is 22.0 Å². The number of hydrogen-bond acceptors (Lipinski definition) is 11. The highest BCUT2D eigenvalue weighted by atomic mass is 32.2. The number of carbonyl (C=O) groups excluding carboxylic acids is 2. The summed E-state index contributed by atoms with van der Waals surface area (Å²) in [5.41, 5.74) is 6.00. The van der Waals surface area contributed by atoms with Crippen LogP contribution < -0.4 is 16.4 Å². The quantitative estimate of drug-likeness (QED) is 0.104. The molecule has 1 aromatic rings. The number of carboxylic acids is 2. The number of aliphatic carboxylic acids is 2. The number of rotatable bonds is 9. The van der Waals surface area contributed by atoms with E-state index in [0.717, 1.165) is 37.5 Å². The summed E-state index contributed by atoms with van der Waals surface area (Å²) in [4.78, 5) is 58.8. The van der Waals surface area contributed by atoms with Crippen LogP contribution in [0.2, 0.25) is 0 Å². The summed E-state index contributed by atoms with van der Waals surface area (Å²) < 4.78 is 0.680. The summed E-state index contributed by atoms with van der Waals surface area (Å²) in [6.45, 7) is 3.11. The first-order valence-corrected chi connectivity index (χ1v) is 12.9. The van der Waals surface area contributed by atoms with Gasteiger partial charge in [-0.25, -0.2) is 14.6 Å². The SMILES string of the molecule is C[N+]1(CC2=C(C(=O)O)N3C(=O)[C@@H](NC(=O)C(=NOCC(=O)O)c4csc(N)n4)[C@@H]3SC2)CCNCC1. The van der Waals surface area contributed by atoms with Gasteiger partial charge in [0.1, 0.15) is 29.4 Å². The van der Waals surface area contributed by atoms with E-state index in [9.17, 15) is 24.3 Å². The molecule has 0 aliphatic carbocycles. The fourth-order valence-corrected chi connectivity index (χ4v) is 6.20. The van der Waals surface area contributed by atoms with Crippen LogP contribution >= 0.6 is 23.1 Å². The standard InChI is InChI=1S/C20H25N7O7S2/c1-27(4-2-22-3-5-27)6-10-8-35-18-14(17(31)26(18)15(10)19(32)33)24-16(30)13(25-34-7-12(28)29)11-9-36-20(21)23-11/h9,14,18,22H,2-8H2,1H3,(H4-,21,23,24,28,29,30,32,33)/p+1/t14-,18+/m1/s1. The number of nitrogens with zero attached hydrogens (tertiary/aromatic N) is 4. The van der Waals surface area contributed by atoms with Gasteiger partial charge in [-0.15, -0.1) is 23.1 Å². The maximum atomic E-state index is 13.0. The fraction of sp³-hybridized carbons (Fsp3) is 0.500. The highest BCUT2D eigenvalue weighted by molar-refractivity contribution is 8.00. The van der Waals surface area contributed by atoms with Crippen molar-refractivity contribution in [2.75, 3.05) is 57.9 Å². The Kier molecular flexibility index (Phi) is 7.49. The molecule has 0 saturated carbocycles. The summed E-state index contributed by atoms with van der Waals surface area (Å²) in [5, 5.41) is 29.1. The minimum atomic E-state index is -1.29. The van der Waals surface area contributed by atoms with Gasteiger partial charge in [-0.05, 0) is 0 Å². The summed E-state index contributed by atoms with van der Waals surface area (Å²) in [6.07, 6.45) is 0. The summed E-state index contributed by atoms with van der Waals surface area (Å²) in [5.74, 6) is -3.44. The molecule has 2 fully saturated rings. The van der Waals surface area contributed by atoms with Crippen LogP contribution in [0.15, 0.2) is 21.8 Å². The minimum absolute atomic E-state index is 0.0295. The lowest BCUT2D eigenvalue weighted by Crippen LogP contribution is -2.71. The van der Waals surface area contributed by atoms with Gasteiger partial charge in [-0.2, -0.15) is 0 Å². The molecule has 0 aromatic carbocycles. The van der Waals surface area contributed by atoms with Gasteiger partial charge in [0, 0.05) is 29.8 Å². The van der Waals surface area contributed by atoms with E-state index in [2.05, 4.69) is 27.8 Å². The van der Waals surface area contributed by atoms with Crippen molar-refractivity contribution in [1.29, 1.82) is 0 Å². The van der Waals surface area contributed by atoms with Crippen molar-refractivity contribution in [3.63, 3.8) is 0 Å². The number of β-lactam (4-membered cyclic amide) rings is 1. The third-order valence-corrected chi connectivity index (χ3v) is 8.10. The van der Waals surface area contributed by atoms with Gasteiger partial charge in [0.15, 0.2) is 10.8 Å². The maximum absolute atomic E-state index is 13.0. The molecule has 2 atom stereocenters. The lowest BCUT2D eigenvalue weighted by molar-refractivity contribution is -0.906. The highest BCUT2D eigenvalue weighted by Gasteiger charge is 2.55. The molecule has 36 heavy (non-hydrogen) atoms. The third kappa shape index (κ3) is 5.30. The number of likely N-dealkylation sites (N-methyl/N-ethyl adjacent to an activating group) is 1. The van der Waals surface area contributed by atoms with Gasteiger partial charge < -0.3 is 35.9 Å². The number of nitrogen functional groups attached to an aromatic ring is 1. The van der Waals surface area contributed by atoms with Gasteiger partial charge in [0.25, 0.3) is 11.8 Å². The first-order valence-electron chi connectivity index (χ1n) is 11.0. The average Bonchev–Trinajstić information content (AvgIpc) is 3.25. The van der Waals surface area contributed by atoms with Crippen molar-refractivity contribution in [2.24, 2.45) is 5.16 Å². The molecule has 2 amide bonds. The van der Waals surface area contributed by atoms with Gasteiger partial charge in [0.05, 0.1) is 20.1 Å². The van der Waals surface area contributed by atoms with Crippen molar-refractivity contribution in [1.82, 2.24) is 20.5 Å². The van der Waals surface area contributed by atoms with Crippen LogP contribution in [0.5, 0.6) is 0 Å². The predicted molar refractivity (Wildman–Crippen MR) is 130 cm³/mol. The van der Waals surface area contributed by atoms with Crippen LogP contribution in [0.1, 0.15) is 5.69 Å². The Morgan fingerprint density at radius 2 is 2.08 bits per heavy atom. The number of aromatic nitrogens is 1. The molecule has 3 aliphatic heterocycles. The number of nitrogens with two attached hydrogens (primary N) is 1. The summed E-state index contributed by atoms with van der Waals surface area (Å²) >= 11 is 2.42. The summed E-state index contributed by atoms with van der Waals surface area (Å²) in [6, 6.07) is -0.997. The molecule has 14 nitrogen and oxygen atoms in total. The van der Waals surface area contributed by atoms with E-state index < -0.39 is 41.8 Å². The Balaban J connectivity index is 1.51. The van der Waals surface area contributed by atoms with Crippen molar-refractivity contribution >= 4 is 57.7 Å². The number of amides is 2. The first-order chi connectivity index (χ1) is 17.1. The maximum Gasteiger partial charge on any atom is 0.352 e. The molecule has 16 heteroatoms. The molecule has 0 radical (unpaired) electrons. The van der Waals surface area contributed by atoms with Crippen LogP contribution in [0.3, 0.4) is 0 Å². The van der Waals surface area contributed by atoms with Gasteiger partial charge in [0.2, 0.25) is 6.61 Å². The Bertz CT molecular complexity index is 1150. The molecule has 3 aliphatic rings. The normalized spacial score (nSPS) is 23.5. The Morgan fingerprint density at radius 1 is 1.36 bits per heavy atom. The number of oxime groups is 1. The topological polar surface area (TPSA) is 197 Å². The van der Waals surface area contributed by atoms with E-state index >= 15 is 0 Å². The molecule has 4 rings (SSSR count). The monoisotopic (exact) mass is 540 g/mol. The van der Waals surface area contributed by atoms with Crippen molar-refractivity contribution in [3.8, 4) is 0 Å². The van der Waals surface area contributed by atoms with E-state index in [0.29, 0.717) is 22.4 Å². The molecule has 194 valence electrons. The summed E-state index contributed by atoms with van der Waals surface area (Å²) in [7, 11) is 2.07. The number of carboxylic acid groups (broad SMARTS) is 2. The zero-order valence-electron chi connectivity index (χ0n) is 19.3. The van der Waals surface area contributed by atoms with Gasteiger partial charge in [-0.1, -0.05) is 5.16 Å². The Morgan fingerprint density at radius 3 is 2.69 bits per heavy atom. The second-order valence-corrected chi connectivity index (χ2v) is 10.8. The largest absolute Gasteiger partial charge is 0.479 e. The molecule has 0 spiro atoms. The lowest BCUT2D eigenvalue weighted by Gasteiger charge is -2.50. The number of carbonyl (C=O) groups is 4. The lowest BCUT2D eigenvalue weighted by atomic mass is 10.0. The smallest absolute Gasteiger partial charge is 0.352 e. The predicted octanol–water partition coefficient (Wildman–Crippen LogP) is -1.68. The number of anilines is 1. The van der Waals surface area contributed by atoms with Gasteiger partial charge >= 0.3 is 11.9 Å². The molecule has 0 unspecified atom stereocenters. The number of quaternary nitrogens is 1. The average molecular weight is 541 g/mol. The molecule has 4 heterocycles. The first kappa shape index (κ1) is 25.9. The fourth-order valence-electron chi connectivity index (χ4n) is 4.32. The molecular formula is C20H26N7O7S2+. The number of nitrogens with one attached hydrogen (secondary N) is 2. The molecule has 0 bridgehead atoms. The molecule has 6 N–H and O–H groups in total. The van der Waals surface area contributed by atoms with E-state index in [1.807, 2.05) is 0 Å². The number of thiazole rings is 1. The van der Waals surface area contributed by atoms with E-state index in [-0.39, 0.29) is 22.2 Å². The Labute approximate surface area is 213 Å². The van der Waals surface area contributed by atoms with Crippen LogP contribution in [-0.2, 0) is 24.0 Å². The number of hydrogen-bond donors (Lipinski definition) is 5. The van der Waals surface area contributed by atoms with Crippen molar-refractivity contribution in [3.05, 3.63) is 22.3 Å². The van der Waals surface area contributed by atoms with Gasteiger partial charge in [-0.3, -0.25) is 14.5 Å². The second-order valence-electron chi connectivity index (χ2n) is 8.77. The van der Waals surface area contributed by atoms with Crippen LogP contribution in [0.4, 0.5) is 5.13 Å². The van der Waals surface area contributed by atoms with Crippen LogP contribution in [0.25, 0.3) is 0 Å². The highest BCUT2D eigenvalue weighted by Crippen LogP contribution is 2.41. The number of fused-ring (bicyclic) bond motifs is 1. The van der Waals surface area contributed by atoms with Crippen LogP contribution in [0, 0.1) is 0 Å². The van der Waals surface area contributed by atoms with Crippen LogP contribution in [-0.4, -0.2) is 118 Å². The zero-order chi connectivity index (χ0) is 26.0. The van der Waals surface area contributed by atoms with Crippen molar-refractivity contribution < 1.29 is 38.7 Å². The number of piperazine rings is 1. The molecular weight excluding hydrogens is 514 g/mol. The minimum Gasteiger partial charge on any atom is -0.479 e. The second kappa shape index (κ2) is 10.4. The molecule has 1 aromatic heterocycles. The Hall–Kier alpha value is -3.21.